The van der Waals surface area contributed by atoms with Crippen molar-refractivity contribution >= 4 is 15.8 Å². The predicted octanol–water partition coefficient (Wildman–Crippen LogP) is 0.903. The lowest BCUT2D eigenvalue weighted by Crippen LogP contribution is -2.07. The molecular weight excluding hydrogens is 218 g/mol. The highest BCUT2D eigenvalue weighted by molar-refractivity contribution is 7.90. The molecule has 0 aliphatic rings. The molecule has 0 saturated carbocycles. The molecule has 0 fully saturated rings. The number of sulfone groups is 1. The average Bonchev–Trinajstić information content (AvgIpc) is 2.46. The Bertz CT molecular complexity index is 472. The highest BCUT2D eigenvalue weighted by Crippen LogP contribution is 2.18. The second-order valence-corrected chi connectivity index (χ2v) is 5.13. The van der Waals surface area contributed by atoms with E-state index in [1.807, 2.05) is 0 Å². The van der Waals surface area contributed by atoms with Crippen molar-refractivity contribution in [2.45, 2.75) is 18.7 Å². The molecule has 1 N–H and O–H groups in total. The van der Waals surface area contributed by atoms with Crippen LogP contribution >= 0.6 is 0 Å². The number of rotatable bonds is 3. The number of aromatic amines is 1. The van der Waals surface area contributed by atoms with Crippen molar-refractivity contribution in [2.75, 3.05) is 12.9 Å². The minimum absolute atomic E-state index is 0.130. The first-order valence-electron chi connectivity index (χ1n) is 4.43. The number of ether oxygens (including phenoxy) is 1. The van der Waals surface area contributed by atoms with Gasteiger partial charge in [-0.25, -0.2) is 13.2 Å². The zero-order valence-electron chi connectivity index (χ0n) is 8.83. The summed E-state index contributed by atoms with van der Waals surface area (Å²) >= 11 is 0. The standard InChI is InChI=1S/C9H13NO4S/c1-4-14-9(11)8-6(2)7(5-10-8)15(3,12)13/h5,10H,4H2,1-3H3. The SMILES string of the molecule is CCOC(=O)c1[nH]cc(S(C)(=O)=O)c1C. The third kappa shape index (κ3) is 2.38. The van der Waals surface area contributed by atoms with Crippen LogP contribution in [-0.2, 0) is 14.6 Å². The van der Waals surface area contributed by atoms with Crippen LogP contribution in [0.3, 0.4) is 0 Å². The van der Waals surface area contributed by atoms with E-state index in [0.717, 1.165) is 6.26 Å². The van der Waals surface area contributed by atoms with E-state index >= 15 is 0 Å². The summed E-state index contributed by atoms with van der Waals surface area (Å²) in [7, 11) is -3.30. The van der Waals surface area contributed by atoms with E-state index in [1.165, 1.54) is 6.20 Å². The van der Waals surface area contributed by atoms with E-state index in [1.54, 1.807) is 13.8 Å². The lowest BCUT2D eigenvalue weighted by atomic mass is 10.3. The molecule has 6 heteroatoms. The number of carbonyl (C=O) groups excluding carboxylic acids is 1. The van der Waals surface area contributed by atoms with E-state index in [9.17, 15) is 13.2 Å². The molecule has 1 aromatic heterocycles. The van der Waals surface area contributed by atoms with Gasteiger partial charge in [-0.2, -0.15) is 0 Å². The largest absolute Gasteiger partial charge is 0.461 e. The summed E-state index contributed by atoms with van der Waals surface area (Å²) in [4.78, 5) is 14.1. The monoisotopic (exact) mass is 231 g/mol. The van der Waals surface area contributed by atoms with Crippen LogP contribution in [0.1, 0.15) is 23.0 Å². The van der Waals surface area contributed by atoms with Gasteiger partial charge in [0.2, 0.25) is 0 Å². The molecule has 1 rings (SSSR count). The fraction of sp³-hybridized carbons (Fsp3) is 0.444. The molecule has 0 amide bonds. The van der Waals surface area contributed by atoms with Gasteiger partial charge in [-0.1, -0.05) is 0 Å². The van der Waals surface area contributed by atoms with Crippen molar-refractivity contribution in [3.63, 3.8) is 0 Å². The molecule has 0 aliphatic carbocycles. The van der Waals surface area contributed by atoms with Gasteiger partial charge in [0, 0.05) is 18.0 Å². The Morgan fingerprint density at radius 1 is 1.53 bits per heavy atom. The van der Waals surface area contributed by atoms with E-state index in [0.29, 0.717) is 5.56 Å². The normalized spacial score (nSPS) is 11.4. The Balaban J connectivity index is 3.16. The summed E-state index contributed by atoms with van der Waals surface area (Å²) in [6.45, 7) is 3.51. The minimum atomic E-state index is -3.30. The van der Waals surface area contributed by atoms with Crippen molar-refractivity contribution in [3.05, 3.63) is 17.5 Å². The summed E-state index contributed by atoms with van der Waals surface area (Å²) in [5.41, 5.74) is 0.591. The van der Waals surface area contributed by atoms with Crippen molar-refractivity contribution in [3.8, 4) is 0 Å². The van der Waals surface area contributed by atoms with Crippen LogP contribution in [0, 0.1) is 6.92 Å². The van der Waals surface area contributed by atoms with Crippen LogP contribution < -0.4 is 0 Å². The third-order valence-electron chi connectivity index (χ3n) is 1.97. The van der Waals surface area contributed by atoms with Crippen molar-refractivity contribution in [1.29, 1.82) is 0 Å². The van der Waals surface area contributed by atoms with Gasteiger partial charge in [0.1, 0.15) is 5.69 Å². The fourth-order valence-electron chi connectivity index (χ4n) is 1.28. The van der Waals surface area contributed by atoms with Gasteiger partial charge in [0.05, 0.1) is 11.5 Å². The number of nitrogens with one attached hydrogen (secondary N) is 1. The maximum Gasteiger partial charge on any atom is 0.355 e. The minimum Gasteiger partial charge on any atom is -0.461 e. The molecule has 0 aromatic carbocycles. The molecular formula is C9H13NO4S. The molecule has 0 radical (unpaired) electrons. The topological polar surface area (TPSA) is 76.2 Å². The third-order valence-corrected chi connectivity index (χ3v) is 3.19. The number of H-pyrrole nitrogens is 1. The average molecular weight is 231 g/mol. The van der Waals surface area contributed by atoms with Gasteiger partial charge in [-0.3, -0.25) is 0 Å². The summed E-state index contributed by atoms with van der Waals surface area (Å²) in [6.07, 6.45) is 2.40. The molecule has 0 bridgehead atoms. The molecule has 84 valence electrons. The van der Waals surface area contributed by atoms with Crippen LogP contribution in [0.15, 0.2) is 11.1 Å². The van der Waals surface area contributed by atoms with Crippen LogP contribution in [-0.4, -0.2) is 32.2 Å². The quantitative estimate of drug-likeness (QED) is 0.784. The smallest absolute Gasteiger partial charge is 0.355 e. The van der Waals surface area contributed by atoms with E-state index in [2.05, 4.69) is 4.98 Å². The van der Waals surface area contributed by atoms with Gasteiger partial charge >= 0.3 is 5.97 Å². The second-order valence-electron chi connectivity index (χ2n) is 3.15. The predicted molar refractivity (Wildman–Crippen MR) is 54.6 cm³/mol. The Hall–Kier alpha value is -1.30. The number of carbonyl (C=O) groups is 1. The van der Waals surface area contributed by atoms with E-state index < -0.39 is 15.8 Å². The molecule has 0 aliphatic heterocycles. The van der Waals surface area contributed by atoms with E-state index in [-0.39, 0.29) is 17.2 Å². The molecule has 0 unspecified atom stereocenters. The fourth-order valence-corrected chi connectivity index (χ4v) is 2.21. The molecule has 15 heavy (non-hydrogen) atoms. The van der Waals surface area contributed by atoms with Gasteiger partial charge in [0.25, 0.3) is 0 Å². The number of hydrogen-bond acceptors (Lipinski definition) is 4. The first-order valence-corrected chi connectivity index (χ1v) is 6.32. The van der Waals surface area contributed by atoms with Crippen molar-refractivity contribution in [2.24, 2.45) is 0 Å². The zero-order valence-corrected chi connectivity index (χ0v) is 9.64. The maximum atomic E-state index is 11.4. The van der Waals surface area contributed by atoms with Gasteiger partial charge in [-0.05, 0) is 13.8 Å². The Morgan fingerprint density at radius 2 is 2.13 bits per heavy atom. The first kappa shape index (κ1) is 11.8. The lowest BCUT2D eigenvalue weighted by Gasteiger charge is -2.00. The Labute approximate surface area is 88.4 Å². The Kier molecular flexibility index (Phi) is 3.18. The molecule has 5 nitrogen and oxygen atoms in total. The Morgan fingerprint density at radius 3 is 2.53 bits per heavy atom. The molecule has 0 spiro atoms. The lowest BCUT2D eigenvalue weighted by molar-refractivity contribution is 0.0519. The van der Waals surface area contributed by atoms with Gasteiger partial charge < -0.3 is 9.72 Å². The van der Waals surface area contributed by atoms with Crippen LogP contribution in [0.4, 0.5) is 0 Å². The molecule has 0 saturated heterocycles. The zero-order chi connectivity index (χ0) is 11.6. The van der Waals surface area contributed by atoms with Crippen LogP contribution in [0.2, 0.25) is 0 Å². The summed E-state index contributed by atoms with van der Waals surface area (Å²) in [6, 6.07) is 0. The van der Waals surface area contributed by atoms with E-state index in [4.69, 9.17) is 4.74 Å². The molecule has 1 aromatic rings. The number of hydrogen-bond donors (Lipinski definition) is 1. The highest BCUT2D eigenvalue weighted by Gasteiger charge is 2.20. The number of esters is 1. The highest BCUT2D eigenvalue weighted by atomic mass is 32.2. The van der Waals surface area contributed by atoms with Gasteiger partial charge in [0.15, 0.2) is 9.84 Å². The van der Waals surface area contributed by atoms with Gasteiger partial charge in [-0.15, -0.1) is 0 Å². The van der Waals surface area contributed by atoms with Crippen LogP contribution in [0.25, 0.3) is 0 Å². The summed E-state index contributed by atoms with van der Waals surface area (Å²) in [5, 5.41) is 0. The van der Waals surface area contributed by atoms with Crippen molar-refractivity contribution < 1.29 is 17.9 Å². The maximum absolute atomic E-state index is 11.4. The second kappa shape index (κ2) is 4.06. The summed E-state index contributed by atoms with van der Waals surface area (Å²) in [5.74, 6) is -0.537. The first-order chi connectivity index (χ1) is 6.88. The number of aromatic nitrogens is 1. The molecule has 1 heterocycles. The van der Waals surface area contributed by atoms with Crippen LogP contribution in [0.5, 0.6) is 0 Å². The van der Waals surface area contributed by atoms with Crippen molar-refractivity contribution in [1.82, 2.24) is 4.98 Å². The molecule has 0 atom stereocenters. The summed E-state index contributed by atoms with van der Waals surface area (Å²) < 4.78 is 27.3.